The minimum Gasteiger partial charge on any atom is -0.197 e. The second-order valence-electron chi connectivity index (χ2n) is 4.34. The molecule has 2 aromatic rings. The lowest BCUT2D eigenvalue weighted by molar-refractivity contribution is 0.787. The maximum atomic E-state index is 4.24. The predicted octanol–water partition coefficient (Wildman–Crippen LogP) is 5.16. The largest absolute Gasteiger partial charge is 0.197 e. The lowest BCUT2D eigenvalue weighted by Crippen LogP contribution is -1.96. The molecule has 22 heavy (non-hydrogen) atoms. The molecule has 1 aromatic heterocycles. The van der Waals surface area contributed by atoms with Crippen molar-refractivity contribution in [2.24, 2.45) is 0 Å². The molecule has 124 valence electrons. The molecule has 3 rings (SSSR count). The number of fused-ring (bicyclic) bond motifs is 2. The molecule has 0 saturated heterocycles. The van der Waals surface area contributed by atoms with Crippen molar-refractivity contribution in [1.29, 1.82) is 0 Å². The van der Waals surface area contributed by atoms with Crippen molar-refractivity contribution < 1.29 is 0 Å². The average molecular weight is 303 g/mol. The normalized spacial score (nSPS) is 12.1. The van der Waals surface area contributed by atoms with Crippen LogP contribution in [-0.2, 0) is 25.7 Å². The number of benzene rings is 1. The number of rotatable bonds is 0. The van der Waals surface area contributed by atoms with Crippen LogP contribution >= 0.6 is 0 Å². The second kappa shape index (κ2) is 13.1. The van der Waals surface area contributed by atoms with Gasteiger partial charge in [-0.25, -0.2) is 0 Å². The fourth-order valence-corrected chi connectivity index (χ4v) is 2.42. The zero-order valence-corrected chi connectivity index (χ0v) is 15.2. The van der Waals surface area contributed by atoms with E-state index >= 15 is 0 Å². The maximum absolute atomic E-state index is 4.24. The Bertz CT molecular complexity index is 489. The summed E-state index contributed by atoms with van der Waals surface area (Å²) in [6.07, 6.45) is 5.44. The minimum absolute atomic E-state index is 1.00. The number of hydrogen-bond donors (Lipinski definition) is 1. The molecule has 0 aliphatic heterocycles. The summed E-state index contributed by atoms with van der Waals surface area (Å²) in [7, 11) is 0. The quantitative estimate of drug-likeness (QED) is 0.730. The van der Waals surface area contributed by atoms with Gasteiger partial charge in [-0.05, 0) is 43.2 Å². The highest BCUT2D eigenvalue weighted by Gasteiger charge is 2.12. The first-order valence-corrected chi connectivity index (χ1v) is 8.89. The van der Waals surface area contributed by atoms with Crippen molar-refractivity contribution in [2.75, 3.05) is 0 Å². The third kappa shape index (κ3) is 6.00. The molecule has 0 amide bonds. The number of aromatic amines is 1. The molecule has 1 aliphatic carbocycles. The van der Waals surface area contributed by atoms with Crippen molar-refractivity contribution in [3.63, 3.8) is 0 Å². The van der Waals surface area contributed by atoms with Gasteiger partial charge < -0.3 is 0 Å². The molecule has 0 radical (unpaired) electrons. The van der Waals surface area contributed by atoms with E-state index in [1.165, 1.54) is 11.1 Å². The fourth-order valence-electron chi connectivity index (χ4n) is 2.42. The van der Waals surface area contributed by atoms with Crippen LogP contribution in [0.3, 0.4) is 0 Å². The van der Waals surface area contributed by atoms with Gasteiger partial charge in [0.1, 0.15) is 0 Å². The fraction of sp³-hybridized carbons (Fsp3) is 0.579. The van der Waals surface area contributed by atoms with Gasteiger partial charge in [-0.15, -0.1) is 0 Å². The Morgan fingerprint density at radius 2 is 1.18 bits per heavy atom. The van der Waals surface area contributed by atoms with Gasteiger partial charge in [0.15, 0.2) is 0 Å². The van der Waals surface area contributed by atoms with E-state index in [1.807, 2.05) is 41.5 Å². The van der Waals surface area contributed by atoms with Crippen molar-refractivity contribution in [1.82, 2.24) is 15.4 Å². The zero-order valence-electron chi connectivity index (χ0n) is 15.2. The Kier molecular flexibility index (Phi) is 12.1. The highest BCUT2D eigenvalue weighted by molar-refractivity contribution is 5.29. The van der Waals surface area contributed by atoms with Crippen molar-refractivity contribution in [3.05, 3.63) is 46.8 Å². The molecule has 0 atom stereocenters. The summed E-state index contributed by atoms with van der Waals surface area (Å²) in [5, 5.41) is 11.2. The van der Waals surface area contributed by atoms with Gasteiger partial charge in [-0.3, -0.25) is 0 Å². The lowest BCUT2D eigenvalue weighted by Gasteiger charge is -2.06. The van der Waals surface area contributed by atoms with E-state index in [9.17, 15) is 0 Å². The van der Waals surface area contributed by atoms with Gasteiger partial charge in [-0.1, -0.05) is 65.8 Å². The summed E-state index contributed by atoms with van der Waals surface area (Å²) in [5.74, 6) is 0. The van der Waals surface area contributed by atoms with Crippen LogP contribution in [0.4, 0.5) is 0 Å². The molecular formula is C19H33N3. The number of nitrogens with one attached hydrogen (secondary N) is 1. The second-order valence-corrected chi connectivity index (χ2v) is 4.34. The summed E-state index contributed by atoms with van der Waals surface area (Å²) < 4.78 is 0. The first-order chi connectivity index (χ1) is 10.9. The molecule has 3 heteroatoms. The van der Waals surface area contributed by atoms with Gasteiger partial charge in [-0.2, -0.15) is 15.4 Å². The van der Waals surface area contributed by atoms with Gasteiger partial charge in [0, 0.05) is 0 Å². The number of H-pyrrole nitrogens is 1. The number of nitrogens with zero attached hydrogens (tertiary/aromatic N) is 2. The topological polar surface area (TPSA) is 41.6 Å². The van der Waals surface area contributed by atoms with Gasteiger partial charge in [0.05, 0.1) is 11.4 Å². The predicted molar refractivity (Wildman–Crippen MR) is 96.3 cm³/mol. The minimum atomic E-state index is 1.00. The summed E-state index contributed by atoms with van der Waals surface area (Å²) in [6.45, 7) is 12.0. The monoisotopic (exact) mass is 303 g/mol. The molecule has 0 fully saturated rings. The van der Waals surface area contributed by atoms with E-state index in [0.29, 0.717) is 0 Å². The van der Waals surface area contributed by atoms with E-state index in [-0.39, 0.29) is 0 Å². The van der Waals surface area contributed by atoms with Crippen LogP contribution in [0.5, 0.6) is 0 Å². The van der Waals surface area contributed by atoms with E-state index < -0.39 is 0 Å². The Morgan fingerprint density at radius 3 is 1.77 bits per heavy atom. The summed E-state index contributed by atoms with van der Waals surface area (Å²) in [6, 6.07) is 8.74. The zero-order chi connectivity index (χ0) is 16.8. The number of aromatic nitrogens is 3. The molecule has 1 N–H and O–H groups in total. The Morgan fingerprint density at radius 1 is 0.682 bits per heavy atom. The smallest absolute Gasteiger partial charge is 0.0860 e. The van der Waals surface area contributed by atoms with Crippen LogP contribution in [-0.4, -0.2) is 15.4 Å². The summed E-state index contributed by atoms with van der Waals surface area (Å²) >= 11 is 0. The Hall–Kier alpha value is -1.64. The van der Waals surface area contributed by atoms with Crippen LogP contribution in [0, 0.1) is 0 Å². The number of aryl methyl sites for hydroxylation is 4. The van der Waals surface area contributed by atoms with E-state index in [4.69, 9.17) is 0 Å². The lowest BCUT2D eigenvalue weighted by atomic mass is 10.00. The van der Waals surface area contributed by atoms with Crippen LogP contribution in [0.2, 0.25) is 0 Å². The van der Waals surface area contributed by atoms with Gasteiger partial charge >= 0.3 is 0 Å². The Labute approximate surface area is 136 Å². The standard InChI is InChI=1S/C13H15N3.3C2H6/c1-2-5-11-8-9-13-12(14-16-15-13)7-3-6-10(11)4-1;3*1-2/h1-2,4-5H,3,6-9H2,(H,14,15,16);3*1-2H3. The maximum Gasteiger partial charge on any atom is 0.0860 e. The third-order valence-corrected chi connectivity index (χ3v) is 3.31. The SMILES string of the molecule is CC.CC.CC.c1ccc2c(c1)CCCc1n[nH]nc1CC2. The van der Waals surface area contributed by atoms with E-state index in [1.54, 1.807) is 0 Å². The first-order valence-electron chi connectivity index (χ1n) is 8.89. The molecule has 0 unspecified atom stereocenters. The molecule has 0 spiro atoms. The van der Waals surface area contributed by atoms with Crippen LogP contribution in [0.25, 0.3) is 0 Å². The molecule has 1 heterocycles. The van der Waals surface area contributed by atoms with Crippen molar-refractivity contribution in [2.45, 2.75) is 73.6 Å². The highest BCUT2D eigenvalue weighted by atomic mass is 15.3. The number of hydrogen-bond acceptors (Lipinski definition) is 2. The summed E-state index contributed by atoms with van der Waals surface area (Å²) in [5.41, 5.74) is 5.28. The van der Waals surface area contributed by atoms with Crippen molar-refractivity contribution in [3.8, 4) is 0 Å². The van der Waals surface area contributed by atoms with E-state index in [2.05, 4.69) is 39.7 Å². The molecule has 1 aromatic carbocycles. The average Bonchev–Trinajstić information content (AvgIpc) is 3.08. The molecule has 3 nitrogen and oxygen atoms in total. The van der Waals surface area contributed by atoms with Gasteiger partial charge in [0.25, 0.3) is 0 Å². The van der Waals surface area contributed by atoms with Crippen LogP contribution in [0.15, 0.2) is 24.3 Å². The van der Waals surface area contributed by atoms with Crippen LogP contribution < -0.4 is 0 Å². The molecule has 0 bridgehead atoms. The molecule has 1 aliphatic rings. The molecular weight excluding hydrogens is 270 g/mol. The van der Waals surface area contributed by atoms with E-state index in [0.717, 1.165) is 43.5 Å². The third-order valence-electron chi connectivity index (χ3n) is 3.31. The Balaban J connectivity index is 0.000000661. The highest BCUT2D eigenvalue weighted by Crippen LogP contribution is 2.18. The summed E-state index contributed by atoms with van der Waals surface area (Å²) in [4.78, 5) is 0. The van der Waals surface area contributed by atoms with Gasteiger partial charge in [0.2, 0.25) is 0 Å². The van der Waals surface area contributed by atoms with Crippen molar-refractivity contribution >= 4 is 0 Å². The molecule has 0 saturated carbocycles. The first kappa shape index (κ1) is 20.4. The van der Waals surface area contributed by atoms with Crippen LogP contribution in [0.1, 0.15) is 70.5 Å².